The summed E-state index contributed by atoms with van der Waals surface area (Å²) < 4.78 is 67.1. The fourth-order valence-electron chi connectivity index (χ4n) is 3.91. The monoisotopic (exact) mass is 701 g/mol. The van der Waals surface area contributed by atoms with E-state index in [0.717, 1.165) is 18.2 Å². The molecular weight excluding hydrogens is 686 g/mol. The fraction of sp³-hybridized carbons (Fsp3) is 0.0870. The standard InChI is InChI=1S/C23H17Br2N3O9S2/c1-23(24,25)22(31)27-10-6-7-13(15(8-10)38(32,33)34)28-14-9-16(39(35,36)37)19(26)18-17(14)20(29)11-4-2-3-5-12(11)21(18)30/h2-9,28H,26H2,1H3,(H,27,31)(H,32,33,34)(H,35,36,37). The van der Waals surface area contributed by atoms with Crippen molar-refractivity contribution in [3.63, 3.8) is 0 Å². The van der Waals surface area contributed by atoms with E-state index in [1.165, 1.54) is 37.3 Å². The Morgan fingerprint density at radius 2 is 1.38 bits per heavy atom. The van der Waals surface area contributed by atoms with Gasteiger partial charge in [-0.1, -0.05) is 56.1 Å². The lowest BCUT2D eigenvalue weighted by atomic mass is 9.82. The lowest BCUT2D eigenvalue weighted by molar-refractivity contribution is -0.115. The highest BCUT2D eigenvalue weighted by Gasteiger charge is 2.37. The molecular formula is C23H17Br2N3O9S2. The number of halogens is 2. The molecule has 0 radical (unpaired) electrons. The van der Waals surface area contributed by atoms with Gasteiger partial charge in [0.1, 0.15) is 9.79 Å². The van der Waals surface area contributed by atoms with Crippen LogP contribution >= 0.6 is 31.9 Å². The molecule has 0 spiro atoms. The van der Waals surface area contributed by atoms with E-state index >= 15 is 0 Å². The maximum atomic E-state index is 13.4. The van der Waals surface area contributed by atoms with E-state index in [9.17, 15) is 40.3 Å². The average Bonchev–Trinajstić information content (AvgIpc) is 2.82. The van der Waals surface area contributed by atoms with Gasteiger partial charge < -0.3 is 16.4 Å². The van der Waals surface area contributed by atoms with Gasteiger partial charge in [-0.15, -0.1) is 0 Å². The van der Waals surface area contributed by atoms with Crippen LogP contribution in [0.3, 0.4) is 0 Å². The predicted octanol–water partition coefficient (Wildman–Crippen LogP) is 3.73. The Labute approximate surface area is 238 Å². The van der Waals surface area contributed by atoms with Gasteiger partial charge >= 0.3 is 0 Å². The van der Waals surface area contributed by atoms with Gasteiger partial charge in [0.05, 0.1) is 28.2 Å². The number of nitrogens with one attached hydrogen (secondary N) is 2. The third-order valence-electron chi connectivity index (χ3n) is 5.66. The number of ketones is 2. The summed E-state index contributed by atoms with van der Waals surface area (Å²) in [4.78, 5) is 37.3. The summed E-state index contributed by atoms with van der Waals surface area (Å²) in [6, 6.07) is 9.78. The summed E-state index contributed by atoms with van der Waals surface area (Å²) in [7, 11) is -9.99. The van der Waals surface area contributed by atoms with Crippen LogP contribution in [-0.4, -0.2) is 46.6 Å². The number of nitrogen functional groups attached to an aromatic ring is 1. The second-order valence-corrected chi connectivity index (χ2v) is 15.4. The average molecular weight is 703 g/mol. The molecule has 0 unspecified atom stereocenters. The van der Waals surface area contributed by atoms with E-state index in [1.54, 1.807) is 0 Å². The molecule has 16 heteroatoms. The number of nitrogens with two attached hydrogens (primary N) is 1. The second kappa shape index (κ2) is 9.79. The quantitative estimate of drug-likeness (QED) is 0.111. The third kappa shape index (κ3) is 5.48. The Morgan fingerprint density at radius 1 is 0.846 bits per heavy atom. The van der Waals surface area contributed by atoms with Crippen LogP contribution in [0.2, 0.25) is 0 Å². The van der Waals surface area contributed by atoms with E-state index in [0.29, 0.717) is 0 Å². The zero-order valence-electron chi connectivity index (χ0n) is 19.5. The van der Waals surface area contributed by atoms with Crippen molar-refractivity contribution in [1.29, 1.82) is 0 Å². The largest absolute Gasteiger partial charge is 0.397 e. The van der Waals surface area contributed by atoms with Crippen LogP contribution in [0, 0.1) is 0 Å². The molecule has 0 atom stereocenters. The van der Waals surface area contributed by atoms with E-state index < -0.39 is 67.7 Å². The van der Waals surface area contributed by atoms with Crippen molar-refractivity contribution in [1.82, 2.24) is 0 Å². The maximum absolute atomic E-state index is 13.4. The van der Waals surface area contributed by atoms with E-state index in [2.05, 4.69) is 42.5 Å². The zero-order chi connectivity index (χ0) is 29.1. The van der Waals surface area contributed by atoms with Gasteiger partial charge in [0.2, 0.25) is 0 Å². The second-order valence-electron chi connectivity index (χ2n) is 8.42. The summed E-state index contributed by atoms with van der Waals surface area (Å²) >= 11 is 6.18. The lowest BCUT2D eigenvalue weighted by Gasteiger charge is -2.24. The Kier molecular flexibility index (Phi) is 7.25. The first-order valence-corrected chi connectivity index (χ1v) is 15.1. The van der Waals surface area contributed by atoms with Crippen LogP contribution in [0.25, 0.3) is 0 Å². The number of benzene rings is 3. The number of rotatable bonds is 6. The van der Waals surface area contributed by atoms with Gasteiger partial charge in [-0.25, -0.2) is 0 Å². The number of fused-ring (bicyclic) bond motifs is 2. The Balaban J connectivity index is 1.94. The number of alkyl halides is 2. The number of anilines is 4. The summed E-state index contributed by atoms with van der Waals surface area (Å²) in [6.07, 6.45) is 0. The molecule has 0 fully saturated rings. The highest BCUT2D eigenvalue weighted by atomic mass is 79.9. The van der Waals surface area contributed by atoms with Crippen molar-refractivity contribution in [3.8, 4) is 0 Å². The molecule has 0 aromatic heterocycles. The van der Waals surface area contributed by atoms with Crippen LogP contribution in [-0.2, 0) is 25.0 Å². The molecule has 0 saturated heterocycles. The normalized spacial score (nSPS) is 13.5. The molecule has 0 saturated carbocycles. The Bertz CT molecular complexity index is 1820. The van der Waals surface area contributed by atoms with Crippen LogP contribution in [0.15, 0.2) is 58.3 Å². The van der Waals surface area contributed by atoms with Gasteiger partial charge in [-0.05, 0) is 31.2 Å². The first-order chi connectivity index (χ1) is 17.9. The van der Waals surface area contributed by atoms with Crippen LogP contribution in [0.1, 0.15) is 38.8 Å². The molecule has 0 aliphatic heterocycles. The molecule has 1 aliphatic rings. The first kappa shape index (κ1) is 28.8. The van der Waals surface area contributed by atoms with Crippen molar-refractivity contribution in [3.05, 3.63) is 70.8 Å². The number of carbonyl (C=O) groups excluding carboxylic acids is 3. The molecule has 0 bridgehead atoms. The highest BCUT2D eigenvalue weighted by molar-refractivity contribution is 9.25. The minimum absolute atomic E-state index is 0.0160. The molecule has 204 valence electrons. The topological polar surface area (TPSA) is 210 Å². The minimum Gasteiger partial charge on any atom is -0.397 e. The summed E-state index contributed by atoms with van der Waals surface area (Å²) in [5.74, 6) is -2.15. The predicted molar refractivity (Wildman–Crippen MR) is 148 cm³/mol. The summed E-state index contributed by atoms with van der Waals surface area (Å²) in [5.41, 5.74) is 3.52. The lowest BCUT2D eigenvalue weighted by Crippen LogP contribution is -2.28. The third-order valence-corrected chi connectivity index (χ3v) is 8.17. The molecule has 4 rings (SSSR count). The SMILES string of the molecule is CC(Br)(Br)C(=O)Nc1ccc(Nc2cc(S(=O)(=O)O)c(N)c3c2C(=O)c2ccccc2C3=O)c(S(=O)(=O)O)c1. The van der Waals surface area contributed by atoms with Crippen LogP contribution in [0.5, 0.6) is 0 Å². The van der Waals surface area contributed by atoms with Crippen LogP contribution in [0.4, 0.5) is 22.7 Å². The number of amides is 1. The summed E-state index contributed by atoms with van der Waals surface area (Å²) in [6.45, 7) is 1.47. The molecule has 6 N–H and O–H groups in total. The van der Waals surface area contributed by atoms with Crippen molar-refractivity contribution in [2.75, 3.05) is 16.4 Å². The van der Waals surface area contributed by atoms with Crippen LogP contribution < -0.4 is 16.4 Å². The number of hydrogen-bond acceptors (Lipinski definition) is 9. The van der Waals surface area contributed by atoms with Gasteiger partial charge in [0.15, 0.2) is 14.8 Å². The maximum Gasteiger partial charge on any atom is 0.296 e. The minimum atomic E-state index is -5.03. The molecule has 12 nitrogen and oxygen atoms in total. The fourth-order valence-corrected chi connectivity index (χ4v) is 5.43. The van der Waals surface area contributed by atoms with E-state index in [4.69, 9.17) is 5.73 Å². The van der Waals surface area contributed by atoms with Gasteiger partial charge in [-0.3, -0.25) is 23.5 Å². The molecule has 1 amide bonds. The highest BCUT2D eigenvalue weighted by Crippen LogP contribution is 2.41. The number of carbonyl (C=O) groups is 3. The van der Waals surface area contributed by atoms with Gasteiger partial charge in [-0.2, -0.15) is 16.8 Å². The van der Waals surface area contributed by atoms with Crippen molar-refractivity contribution < 1.29 is 40.3 Å². The van der Waals surface area contributed by atoms with E-state index in [-0.39, 0.29) is 28.1 Å². The molecule has 3 aromatic carbocycles. The smallest absolute Gasteiger partial charge is 0.296 e. The Morgan fingerprint density at radius 3 is 1.90 bits per heavy atom. The number of hydrogen-bond donors (Lipinski definition) is 5. The molecule has 3 aromatic rings. The van der Waals surface area contributed by atoms with E-state index in [1.807, 2.05) is 0 Å². The van der Waals surface area contributed by atoms with Crippen molar-refractivity contribution in [2.45, 2.75) is 19.9 Å². The molecule has 39 heavy (non-hydrogen) atoms. The molecule has 1 aliphatic carbocycles. The first-order valence-electron chi connectivity index (χ1n) is 10.6. The zero-order valence-corrected chi connectivity index (χ0v) is 24.3. The van der Waals surface area contributed by atoms with Gasteiger partial charge in [0.25, 0.3) is 26.1 Å². The van der Waals surface area contributed by atoms with Crippen molar-refractivity contribution >= 4 is 92.3 Å². The summed E-state index contributed by atoms with van der Waals surface area (Å²) in [5, 5.41) is 5.00. The van der Waals surface area contributed by atoms with Crippen molar-refractivity contribution in [2.24, 2.45) is 0 Å². The van der Waals surface area contributed by atoms with Gasteiger partial charge in [0, 0.05) is 16.8 Å². The molecule has 0 heterocycles. The Hall–Kier alpha value is -3.15.